The second-order valence-electron chi connectivity index (χ2n) is 2.97. The van der Waals surface area contributed by atoms with Gasteiger partial charge in [0.25, 0.3) is 0 Å². The van der Waals surface area contributed by atoms with Gasteiger partial charge in [-0.3, -0.25) is 0 Å². The number of nitrogens with two attached hydrogens (primary N) is 1. The molecule has 1 aromatic rings. The van der Waals surface area contributed by atoms with Crippen LogP contribution in [0.25, 0.3) is 0 Å². The fourth-order valence-electron chi connectivity index (χ4n) is 1.10. The molecule has 0 aliphatic carbocycles. The molecule has 1 aromatic carbocycles. The number of hydrogen-bond acceptors (Lipinski definition) is 3. The van der Waals surface area contributed by atoms with Crippen molar-refractivity contribution in [2.24, 2.45) is 5.14 Å². The van der Waals surface area contributed by atoms with Crippen molar-refractivity contribution >= 4 is 10.0 Å². The molecular weight excluding hydrogens is 200 g/mol. The summed E-state index contributed by atoms with van der Waals surface area (Å²) in [6.07, 6.45) is 0. The average Bonchev–Trinajstić information content (AvgIpc) is 2.14. The molecule has 0 fully saturated rings. The predicted molar refractivity (Wildman–Crippen MR) is 55.2 cm³/mol. The normalized spacial score (nSPS) is 11.6. The average molecular weight is 214 g/mol. The molecule has 0 heterocycles. The third-order valence-electron chi connectivity index (χ3n) is 1.81. The standard InChI is InChI=1S/C9H14N2O2S/c1-2-11-7-8-4-3-5-9(6-8)14(10,12)13/h3-6,11H,2,7H2,1H3,(H2,10,12,13). The van der Waals surface area contributed by atoms with E-state index in [9.17, 15) is 8.42 Å². The van der Waals surface area contributed by atoms with Crippen molar-refractivity contribution in [3.05, 3.63) is 29.8 Å². The molecule has 4 nitrogen and oxygen atoms in total. The molecule has 0 saturated heterocycles. The van der Waals surface area contributed by atoms with Gasteiger partial charge >= 0.3 is 0 Å². The van der Waals surface area contributed by atoms with E-state index in [0.29, 0.717) is 6.54 Å². The van der Waals surface area contributed by atoms with Crippen LogP contribution in [-0.4, -0.2) is 15.0 Å². The zero-order valence-electron chi connectivity index (χ0n) is 8.03. The minimum Gasteiger partial charge on any atom is -0.313 e. The van der Waals surface area contributed by atoms with Gasteiger partial charge in [-0.05, 0) is 24.2 Å². The smallest absolute Gasteiger partial charge is 0.238 e. The number of benzene rings is 1. The third kappa shape index (κ3) is 3.10. The number of nitrogens with one attached hydrogen (secondary N) is 1. The van der Waals surface area contributed by atoms with Gasteiger partial charge in [-0.25, -0.2) is 13.6 Å². The van der Waals surface area contributed by atoms with Crippen molar-refractivity contribution in [1.29, 1.82) is 0 Å². The molecule has 3 N–H and O–H groups in total. The fraction of sp³-hybridized carbons (Fsp3) is 0.333. The van der Waals surface area contributed by atoms with Crippen LogP contribution >= 0.6 is 0 Å². The van der Waals surface area contributed by atoms with Crippen LogP contribution < -0.4 is 10.5 Å². The SMILES string of the molecule is CCNCc1cccc(S(N)(=O)=O)c1. The summed E-state index contributed by atoms with van der Waals surface area (Å²) < 4.78 is 22.0. The molecule has 5 heteroatoms. The molecule has 0 amide bonds. The quantitative estimate of drug-likeness (QED) is 0.764. The fourth-order valence-corrected chi connectivity index (χ4v) is 1.69. The Balaban J connectivity index is 2.90. The zero-order chi connectivity index (χ0) is 10.6. The summed E-state index contributed by atoms with van der Waals surface area (Å²) in [5, 5.41) is 8.11. The maximum atomic E-state index is 11.0. The Bertz CT molecular complexity index is 401. The molecule has 14 heavy (non-hydrogen) atoms. The summed E-state index contributed by atoms with van der Waals surface area (Å²) in [7, 11) is -3.58. The van der Waals surface area contributed by atoms with Crippen LogP contribution in [0.2, 0.25) is 0 Å². The monoisotopic (exact) mass is 214 g/mol. The molecule has 0 unspecified atom stereocenters. The van der Waals surface area contributed by atoms with Crippen LogP contribution in [0.5, 0.6) is 0 Å². The summed E-state index contributed by atoms with van der Waals surface area (Å²) in [4.78, 5) is 0.160. The molecule has 0 aliphatic heterocycles. The van der Waals surface area contributed by atoms with Gasteiger partial charge in [0.1, 0.15) is 0 Å². The number of rotatable bonds is 4. The Hall–Kier alpha value is -0.910. The predicted octanol–water partition coefficient (Wildman–Crippen LogP) is 0.444. The number of sulfonamides is 1. The lowest BCUT2D eigenvalue weighted by Gasteiger charge is -2.03. The third-order valence-corrected chi connectivity index (χ3v) is 2.72. The molecule has 0 aliphatic rings. The van der Waals surface area contributed by atoms with E-state index in [1.165, 1.54) is 6.07 Å². The lowest BCUT2D eigenvalue weighted by molar-refractivity contribution is 0.597. The van der Waals surface area contributed by atoms with Crippen LogP contribution in [-0.2, 0) is 16.6 Å². The molecule has 0 radical (unpaired) electrons. The van der Waals surface area contributed by atoms with Crippen molar-refractivity contribution in [2.75, 3.05) is 6.54 Å². The van der Waals surface area contributed by atoms with Crippen LogP contribution in [0.4, 0.5) is 0 Å². The Labute approximate surface area is 84.2 Å². The van der Waals surface area contributed by atoms with Gasteiger partial charge in [-0.2, -0.15) is 0 Å². The Morgan fingerprint density at radius 1 is 1.43 bits per heavy atom. The Morgan fingerprint density at radius 3 is 2.71 bits per heavy atom. The first-order chi connectivity index (χ1) is 6.54. The molecule has 0 atom stereocenters. The summed E-state index contributed by atoms with van der Waals surface area (Å²) in [5.74, 6) is 0. The lowest BCUT2D eigenvalue weighted by atomic mass is 10.2. The summed E-state index contributed by atoms with van der Waals surface area (Å²) in [6, 6.07) is 6.62. The van der Waals surface area contributed by atoms with E-state index < -0.39 is 10.0 Å². The molecule has 0 aromatic heterocycles. The minimum absolute atomic E-state index is 0.160. The van der Waals surface area contributed by atoms with E-state index in [1.807, 2.05) is 13.0 Å². The van der Waals surface area contributed by atoms with E-state index in [4.69, 9.17) is 5.14 Å². The van der Waals surface area contributed by atoms with Crippen LogP contribution in [0.3, 0.4) is 0 Å². The van der Waals surface area contributed by atoms with Gasteiger partial charge in [0.15, 0.2) is 0 Å². The lowest BCUT2D eigenvalue weighted by Crippen LogP contribution is -2.14. The highest BCUT2D eigenvalue weighted by molar-refractivity contribution is 7.89. The van der Waals surface area contributed by atoms with Crippen LogP contribution in [0, 0.1) is 0 Å². The van der Waals surface area contributed by atoms with Crippen LogP contribution in [0.1, 0.15) is 12.5 Å². The van der Waals surface area contributed by atoms with Gasteiger partial charge in [0, 0.05) is 6.54 Å². The summed E-state index contributed by atoms with van der Waals surface area (Å²) in [5.41, 5.74) is 0.915. The summed E-state index contributed by atoms with van der Waals surface area (Å²) in [6.45, 7) is 3.49. The van der Waals surface area contributed by atoms with Crippen molar-refractivity contribution < 1.29 is 8.42 Å². The Kier molecular flexibility index (Phi) is 3.62. The van der Waals surface area contributed by atoms with Gasteiger partial charge in [-0.1, -0.05) is 19.1 Å². The zero-order valence-corrected chi connectivity index (χ0v) is 8.84. The maximum absolute atomic E-state index is 11.0. The molecular formula is C9H14N2O2S. The van der Waals surface area contributed by atoms with Crippen molar-refractivity contribution in [2.45, 2.75) is 18.4 Å². The molecule has 0 saturated carbocycles. The van der Waals surface area contributed by atoms with E-state index >= 15 is 0 Å². The Morgan fingerprint density at radius 2 is 2.14 bits per heavy atom. The van der Waals surface area contributed by atoms with Gasteiger partial charge in [0.05, 0.1) is 4.90 Å². The summed E-state index contributed by atoms with van der Waals surface area (Å²) >= 11 is 0. The van der Waals surface area contributed by atoms with E-state index in [1.54, 1.807) is 12.1 Å². The van der Waals surface area contributed by atoms with Crippen molar-refractivity contribution in [1.82, 2.24) is 5.32 Å². The van der Waals surface area contributed by atoms with Gasteiger partial charge < -0.3 is 5.32 Å². The molecule has 0 bridgehead atoms. The van der Waals surface area contributed by atoms with Gasteiger partial charge in [0.2, 0.25) is 10.0 Å². The minimum atomic E-state index is -3.58. The first kappa shape index (κ1) is 11.2. The first-order valence-electron chi connectivity index (χ1n) is 4.36. The second-order valence-corrected chi connectivity index (χ2v) is 4.53. The maximum Gasteiger partial charge on any atom is 0.238 e. The molecule has 1 rings (SSSR count). The van der Waals surface area contributed by atoms with Gasteiger partial charge in [-0.15, -0.1) is 0 Å². The highest BCUT2D eigenvalue weighted by Crippen LogP contribution is 2.09. The van der Waals surface area contributed by atoms with Crippen molar-refractivity contribution in [3.63, 3.8) is 0 Å². The number of primary sulfonamides is 1. The second kappa shape index (κ2) is 4.54. The first-order valence-corrected chi connectivity index (χ1v) is 5.91. The highest BCUT2D eigenvalue weighted by atomic mass is 32.2. The van der Waals surface area contributed by atoms with E-state index in [2.05, 4.69) is 5.32 Å². The molecule has 0 spiro atoms. The van der Waals surface area contributed by atoms with Crippen LogP contribution in [0.15, 0.2) is 29.2 Å². The number of hydrogen-bond donors (Lipinski definition) is 2. The van der Waals surface area contributed by atoms with Crippen molar-refractivity contribution in [3.8, 4) is 0 Å². The van der Waals surface area contributed by atoms with E-state index in [-0.39, 0.29) is 4.90 Å². The largest absolute Gasteiger partial charge is 0.313 e. The highest BCUT2D eigenvalue weighted by Gasteiger charge is 2.06. The molecule has 78 valence electrons. The van der Waals surface area contributed by atoms with E-state index in [0.717, 1.165) is 12.1 Å². The topological polar surface area (TPSA) is 72.2 Å².